The summed E-state index contributed by atoms with van der Waals surface area (Å²) in [5.74, 6) is -3.40. The summed E-state index contributed by atoms with van der Waals surface area (Å²) >= 11 is 0. The second-order valence-corrected chi connectivity index (χ2v) is 6.53. The molecule has 0 spiro atoms. The van der Waals surface area contributed by atoms with Gasteiger partial charge >= 0.3 is 5.97 Å². The minimum absolute atomic E-state index is 0.0584. The van der Waals surface area contributed by atoms with E-state index in [1.54, 1.807) is 0 Å². The number of aliphatic carboxylic acids is 1. The van der Waals surface area contributed by atoms with E-state index in [1.807, 2.05) is 30.3 Å². The molecule has 2 aromatic rings. The van der Waals surface area contributed by atoms with Crippen LogP contribution in [0.15, 0.2) is 48.5 Å². The number of nitrogens with one attached hydrogen (secondary N) is 1. The average Bonchev–Trinajstić information content (AvgIpc) is 3.42. The van der Waals surface area contributed by atoms with Crippen LogP contribution in [0.5, 0.6) is 0 Å². The molecule has 3 rings (SSSR count). The molecule has 3 atom stereocenters. The number of carbonyl (C=O) groups excluding carboxylic acids is 1. The Hall–Kier alpha value is -2.76. The van der Waals surface area contributed by atoms with Crippen LogP contribution < -0.4 is 5.32 Å². The Kier molecular flexibility index (Phi) is 5.30. The molecule has 0 saturated heterocycles. The monoisotopic (exact) mass is 359 g/mol. The summed E-state index contributed by atoms with van der Waals surface area (Å²) in [6, 6.07) is 12.5. The van der Waals surface area contributed by atoms with Crippen molar-refractivity contribution in [2.45, 2.75) is 31.2 Å². The Morgan fingerprint density at radius 3 is 2.50 bits per heavy atom. The van der Waals surface area contributed by atoms with Crippen molar-refractivity contribution in [3.8, 4) is 0 Å². The molecule has 0 bridgehead atoms. The predicted octanol–water partition coefficient (Wildman–Crippen LogP) is 3.79. The molecule has 0 aromatic heterocycles. The lowest BCUT2D eigenvalue weighted by molar-refractivity contribution is -0.137. The third-order valence-corrected chi connectivity index (χ3v) is 4.66. The summed E-state index contributed by atoms with van der Waals surface area (Å²) in [5.41, 5.74) is 1.44. The van der Waals surface area contributed by atoms with Crippen molar-refractivity contribution in [2.24, 2.45) is 5.92 Å². The molecule has 1 saturated carbocycles. The normalized spacial score (nSPS) is 19.6. The fourth-order valence-corrected chi connectivity index (χ4v) is 3.15. The number of hydrogen-bond donors (Lipinski definition) is 2. The van der Waals surface area contributed by atoms with Gasteiger partial charge in [0.05, 0.1) is 6.04 Å². The Morgan fingerprint density at radius 2 is 1.85 bits per heavy atom. The Bertz CT molecular complexity index is 810. The van der Waals surface area contributed by atoms with Crippen LogP contribution in [0.2, 0.25) is 0 Å². The number of carboxylic acids is 1. The van der Waals surface area contributed by atoms with Crippen molar-refractivity contribution in [2.75, 3.05) is 0 Å². The lowest BCUT2D eigenvalue weighted by Gasteiger charge is -2.18. The molecular weight excluding hydrogens is 340 g/mol. The molecule has 2 N–H and O–H groups in total. The third-order valence-electron chi connectivity index (χ3n) is 4.66. The number of carboxylic acid groups (broad SMARTS) is 1. The van der Waals surface area contributed by atoms with E-state index < -0.39 is 23.6 Å². The van der Waals surface area contributed by atoms with Gasteiger partial charge < -0.3 is 10.4 Å². The minimum Gasteiger partial charge on any atom is -0.481 e. The van der Waals surface area contributed by atoms with Gasteiger partial charge in [-0.05, 0) is 42.0 Å². The van der Waals surface area contributed by atoms with Gasteiger partial charge in [0, 0.05) is 12.3 Å². The molecule has 3 unspecified atom stereocenters. The SMILES string of the molecule is O=C(O)CCC(NC(=O)C1CC1c1ccc(F)c(F)c1)c1ccccc1. The maximum absolute atomic E-state index is 13.4. The largest absolute Gasteiger partial charge is 0.481 e. The molecule has 1 amide bonds. The minimum atomic E-state index is -0.925. The fraction of sp³-hybridized carbons (Fsp3) is 0.300. The van der Waals surface area contributed by atoms with Gasteiger partial charge in [0.15, 0.2) is 11.6 Å². The van der Waals surface area contributed by atoms with Gasteiger partial charge in [-0.3, -0.25) is 9.59 Å². The van der Waals surface area contributed by atoms with Crippen LogP contribution in [0, 0.1) is 17.6 Å². The highest BCUT2D eigenvalue weighted by Gasteiger charge is 2.44. The highest BCUT2D eigenvalue weighted by molar-refractivity contribution is 5.83. The van der Waals surface area contributed by atoms with Crippen LogP contribution >= 0.6 is 0 Å². The fourth-order valence-electron chi connectivity index (χ4n) is 3.15. The molecule has 0 radical (unpaired) electrons. The first-order valence-corrected chi connectivity index (χ1v) is 8.47. The van der Waals surface area contributed by atoms with Gasteiger partial charge in [-0.25, -0.2) is 8.78 Å². The van der Waals surface area contributed by atoms with Crippen molar-refractivity contribution in [3.05, 3.63) is 71.3 Å². The summed E-state index contributed by atoms with van der Waals surface area (Å²) in [6.45, 7) is 0. The molecule has 2 aromatic carbocycles. The number of rotatable bonds is 7. The van der Waals surface area contributed by atoms with E-state index in [4.69, 9.17) is 5.11 Å². The third kappa shape index (κ3) is 4.25. The number of hydrogen-bond acceptors (Lipinski definition) is 2. The molecule has 136 valence electrons. The second kappa shape index (κ2) is 7.64. The second-order valence-electron chi connectivity index (χ2n) is 6.53. The van der Waals surface area contributed by atoms with Gasteiger partial charge in [0.2, 0.25) is 5.91 Å². The average molecular weight is 359 g/mol. The number of amides is 1. The zero-order chi connectivity index (χ0) is 18.7. The summed E-state index contributed by atoms with van der Waals surface area (Å²) < 4.78 is 26.4. The number of carbonyl (C=O) groups is 2. The van der Waals surface area contributed by atoms with E-state index in [2.05, 4.69) is 5.32 Å². The highest BCUT2D eigenvalue weighted by atomic mass is 19.2. The van der Waals surface area contributed by atoms with Crippen molar-refractivity contribution < 1.29 is 23.5 Å². The van der Waals surface area contributed by atoms with E-state index >= 15 is 0 Å². The maximum Gasteiger partial charge on any atom is 0.303 e. The lowest BCUT2D eigenvalue weighted by Crippen LogP contribution is -2.30. The summed E-state index contributed by atoms with van der Waals surface area (Å²) in [7, 11) is 0. The first kappa shape index (κ1) is 18.0. The van der Waals surface area contributed by atoms with Gasteiger partial charge in [-0.15, -0.1) is 0 Å². The summed E-state index contributed by atoms with van der Waals surface area (Å²) in [5, 5.41) is 11.8. The number of halogens is 2. The standard InChI is InChI=1S/C20H19F2NO3/c21-16-7-6-13(10-17(16)22)14-11-15(14)20(26)23-18(8-9-19(24)25)12-4-2-1-3-5-12/h1-7,10,14-15,18H,8-9,11H2,(H,23,26)(H,24,25). The Labute approximate surface area is 149 Å². The van der Waals surface area contributed by atoms with Gasteiger partial charge in [0.25, 0.3) is 0 Å². The van der Waals surface area contributed by atoms with Crippen LogP contribution in [0.25, 0.3) is 0 Å². The van der Waals surface area contributed by atoms with E-state index in [9.17, 15) is 18.4 Å². The van der Waals surface area contributed by atoms with Crippen molar-refractivity contribution in [1.82, 2.24) is 5.32 Å². The van der Waals surface area contributed by atoms with Gasteiger partial charge in [0.1, 0.15) is 0 Å². The lowest BCUT2D eigenvalue weighted by atomic mass is 10.0. The van der Waals surface area contributed by atoms with Crippen LogP contribution in [-0.2, 0) is 9.59 Å². The summed E-state index contributed by atoms with van der Waals surface area (Å²) in [4.78, 5) is 23.4. The predicted molar refractivity (Wildman–Crippen MR) is 91.4 cm³/mol. The highest BCUT2D eigenvalue weighted by Crippen LogP contribution is 2.48. The van der Waals surface area contributed by atoms with E-state index in [0.29, 0.717) is 12.0 Å². The molecule has 1 aliphatic rings. The van der Waals surface area contributed by atoms with Gasteiger partial charge in [-0.1, -0.05) is 36.4 Å². The van der Waals surface area contributed by atoms with E-state index in [1.165, 1.54) is 6.07 Å². The summed E-state index contributed by atoms with van der Waals surface area (Å²) in [6.07, 6.45) is 0.794. The first-order chi connectivity index (χ1) is 12.5. The topological polar surface area (TPSA) is 66.4 Å². The van der Waals surface area contributed by atoms with Crippen LogP contribution in [0.1, 0.15) is 42.3 Å². The molecule has 6 heteroatoms. The van der Waals surface area contributed by atoms with E-state index in [0.717, 1.165) is 17.7 Å². The van der Waals surface area contributed by atoms with Crippen LogP contribution in [0.4, 0.5) is 8.78 Å². The molecule has 0 aliphatic heterocycles. The van der Waals surface area contributed by atoms with Crippen molar-refractivity contribution in [3.63, 3.8) is 0 Å². The van der Waals surface area contributed by atoms with Crippen LogP contribution in [-0.4, -0.2) is 17.0 Å². The zero-order valence-electron chi connectivity index (χ0n) is 14.0. The Morgan fingerprint density at radius 1 is 1.12 bits per heavy atom. The number of benzene rings is 2. The molecule has 1 aliphatic carbocycles. The molecular formula is C20H19F2NO3. The molecule has 26 heavy (non-hydrogen) atoms. The molecule has 1 fully saturated rings. The zero-order valence-corrected chi connectivity index (χ0v) is 14.0. The smallest absolute Gasteiger partial charge is 0.303 e. The van der Waals surface area contributed by atoms with Crippen LogP contribution in [0.3, 0.4) is 0 Å². The molecule has 0 heterocycles. The van der Waals surface area contributed by atoms with Crippen molar-refractivity contribution in [1.29, 1.82) is 0 Å². The maximum atomic E-state index is 13.4. The van der Waals surface area contributed by atoms with E-state index in [-0.39, 0.29) is 30.6 Å². The quantitative estimate of drug-likeness (QED) is 0.790. The van der Waals surface area contributed by atoms with Crippen molar-refractivity contribution >= 4 is 11.9 Å². The molecule has 4 nitrogen and oxygen atoms in total. The first-order valence-electron chi connectivity index (χ1n) is 8.47. The Balaban J connectivity index is 1.66. The van der Waals surface area contributed by atoms with Gasteiger partial charge in [-0.2, -0.15) is 0 Å².